The first-order chi connectivity index (χ1) is 20.3. The van der Waals surface area contributed by atoms with Crippen LogP contribution in [0.4, 0.5) is 0 Å². The molecular formula is C39H52O5. The first-order valence-electron chi connectivity index (χ1n) is 16.1. The van der Waals surface area contributed by atoms with Crippen LogP contribution >= 0.6 is 0 Å². The van der Waals surface area contributed by atoms with Crippen LogP contribution in [0.2, 0.25) is 0 Å². The van der Waals surface area contributed by atoms with E-state index in [1.54, 1.807) is 19.1 Å². The first kappa shape index (κ1) is 33.7. The lowest BCUT2D eigenvalue weighted by Gasteiger charge is -2.64. The summed E-state index contributed by atoms with van der Waals surface area (Å²) in [5.74, 6) is -0.776. The Kier molecular flexibility index (Phi) is 8.89. The van der Waals surface area contributed by atoms with Gasteiger partial charge in [0.05, 0.1) is 5.41 Å². The maximum Gasteiger partial charge on any atom is 0.200 e. The largest absolute Gasteiger partial charge is 0.508 e. The SMILES string of the molecule is CC(C)=CC[C@H]1C[C@@]23C[C@@H](CC=C(C)C)C(C)(C)[C@@](CC=C(C)C)(C(=O)C(C(=O)c4ccc(C)c(O)c4)=C2OC1(C)C)C3=O. The second-order valence-corrected chi connectivity index (χ2v) is 15.4. The molecule has 1 heterocycles. The number of ketones is 3. The van der Waals surface area contributed by atoms with Crippen molar-refractivity contribution in [2.24, 2.45) is 28.1 Å². The number of Topliss-reactive ketones (excluding diaryl/α,β-unsaturated/α-hetero) is 3. The molecule has 5 nitrogen and oxygen atoms in total. The molecule has 4 rings (SSSR count). The van der Waals surface area contributed by atoms with Crippen molar-refractivity contribution in [2.45, 2.75) is 114 Å². The van der Waals surface area contributed by atoms with Crippen molar-refractivity contribution >= 4 is 17.3 Å². The fourth-order valence-corrected chi connectivity index (χ4v) is 7.80. The monoisotopic (exact) mass is 600 g/mol. The summed E-state index contributed by atoms with van der Waals surface area (Å²) in [5.41, 5.74) is 0.260. The van der Waals surface area contributed by atoms with Gasteiger partial charge in [0.1, 0.15) is 28.1 Å². The van der Waals surface area contributed by atoms with Crippen molar-refractivity contribution in [3.8, 4) is 5.75 Å². The van der Waals surface area contributed by atoms with Crippen LogP contribution in [0, 0.1) is 35.0 Å². The molecule has 4 atom stereocenters. The normalized spacial score (nSPS) is 28.4. The van der Waals surface area contributed by atoms with Gasteiger partial charge in [0, 0.05) is 11.5 Å². The summed E-state index contributed by atoms with van der Waals surface area (Å²) < 4.78 is 6.86. The fourth-order valence-electron chi connectivity index (χ4n) is 7.80. The van der Waals surface area contributed by atoms with Crippen LogP contribution in [0.3, 0.4) is 0 Å². The third-order valence-corrected chi connectivity index (χ3v) is 10.9. The van der Waals surface area contributed by atoms with E-state index in [1.165, 1.54) is 17.2 Å². The minimum atomic E-state index is -1.43. The maximum absolute atomic E-state index is 15.4. The van der Waals surface area contributed by atoms with Crippen molar-refractivity contribution in [2.75, 3.05) is 0 Å². The van der Waals surface area contributed by atoms with Crippen LogP contribution in [0.5, 0.6) is 5.75 Å². The maximum atomic E-state index is 15.4. The summed E-state index contributed by atoms with van der Waals surface area (Å²) in [6.07, 6.45) is 9.14. The molecule has 0 aromatic heterocycles. The number of phenolic OH excluding ortho intramolecular Hbond substituents is 1. The summed E-state index contributed by atoms with van der Waals surface area (Å²) in [5, 5.41) is 10.5. The molecule has 2 aliphatic carbocycles. The van der Waals surface area contributed by atoms with Crippen molar-refractivity contribution < 1.29 is 24.2 Å². The third kappa shape index (κ3) is 5.35. The molecule has 1 aromatic rings. The van der Waals surface area contributed by atoms with Crippen LogP contribution in [0.1, 0.15) is 117 Å². The van der Waals surface area contributed by atoms with E-state index in [0.29, 0.717) is 18.4 Å². The molecule has 0 unspecified atom stereocenters. The predicted molar refractivity (Wildman–Crippen MR) is 176 cm³/mol. The van der Waals surface area contributed by atoms with Crippen LogP contribution < -0.4 is 0 Å². The molecule has 2 bridgehead atoms. The molecule has 2 fully saturated rings. The van der Waals surface area contributed by atoms with E-state index in [2.05, 4.69) is 53.7 Å². The van der Waals surface area contributed by atoms with Gasteiger partial charge in [-0.15, -0.1) is 0 Å². The second-order valence-electron chi connectivity index (χ2n) is 15.4. The zero-order valence-corrected chi connectivity index (χ0v) is 28.7. The smallest absolute Gasteiger partial charge is 0.200 e. The molecule has 44 heavy (non-hydrogen) atoms. The average Bonchev–Trinajstić information content (AvgIpc) is 2.91. The molecule has 1 aromatic carbocycles. The molecule has 0 radical (unpaired) electrons. The highest BCUT2D eigenvalue weighted by atomic mass is 16.5. The number of phenols is 1. The van der Waals surface area contributed by atoms with E-state index < -0.39 is 33.4 Å². The topological polar surface area (TPSA) is 80.7 Å². The Morgan fingerprint density at radius 2 is 1.43 bits per heavy atom. The number of carbonyl (C=O) groups is 3. The number of fused-ring (bicyclic) bond motifs is 1. The minimum Gasteiger partial charge on any atom is -0.508 e. The lowest BCUT2D eigenvalue weighted by Crippen LogP contribution is -2.69. The van der Waals surface area contributed by atoms with E-state index in [0.717, 1.165) is 18.4 Å². The zero-order chi connectivity index (χ0) is 33.0. The number of aryl methyl sites for hydroxylation is 1. The van der Waals surface area contributed by atoms with Gasteiger partial charge in [0.15, 0.2) is 17.3 Å². The molecule has 5 heteroatoms. The number of hydrogen-bond donors (Lipinski definition) is 1. The number of rotatable bonds is 8. The second kappa shape index (κ2) is 11.6. The third-order valence-electron chi connectivity index (χ3n) is 10.9. The molecule has 3 aliphatic rings. The van der Waals surface area contributed by atoms with E-state index in [4.69, 9.17) is 4.74 Å². The van der Waals surface area contributed by atoms with Crippen molar-refractivity contribution in [1.82, 2.24) is 0 Å². The van der Waals surface area contributed by atoms with Crippen LogP contribution in [0.25, 0.3) is 0 Å². The Labute approximate surface area is 264 Å². The van der Waals surface area contributed by atoms with Gasteiger partial charge in [-0.3, -0.25) is 14.4 Å². The summed E-state index contributed by atoms with van der Waals surface area (Å²) in [7, 11) is 0. The number of allylic oxidation sites excluding steroid dienone is 8. The minimum absolute atomic E-state index is 0.00421. The van der Waals surface area contributed by atoms with Gasteiger partial charge >= 0.3 is 0 Å². The Morgan fingerprint density at radius 1 is 0.886 bits per heavy atom. The Balaban J connectivity index is 2.10. The molecule has 0 amide bonds. The summed E-state index contributed by atoms with van der Waals surface area (Å²) in [6.45, 7) is 22.1. The predicted octanol–water partition coefficient (Wildman–Crippen LogP) is 9.19. The van der Waals surface area contributed by atoms with Crippen LogP contribution in [0.15, 0.2) is 64.5 Å². The number of benzene rings is 1. The Hall–Kier alpha value is -3.21. The van der Waals surface area contributed by atoms with Gasteiger partial charge in [-0.25, -0.2) is 0 Å². The highest BCUT2D eigenvalue weighted by Gasteiger charge is 2.74. The fraction of sp³-hybridized carbons (Fsp3) is 0.564. The highest BCUT2D eigenvalue weighted by molar-refractivity contribution is 6.35. The molecule has 238 valence electrons. The summed E-state index contributed by atoms with van der Waals surface area (Å²) in [6, 6.07) is 4.76. The molecule has 1 N–H and O–H groups in total. The van der Waals surface area contributed by atoms with Crippen molar-refractivity contribution in [3.05, 3.63) is 75.6 Å². The number of aromatic hydroxyl groups is 1. The van der Waals surface area contributed by atoms with E-state index in [9.17, 15) is 9.90 Å². The number of ether oxygens (including phenoxy) is 1. The van der Waals surface area contributed by atoms with Crippen molar-refractivity contribution in [1.29, 1.82) is 0 Å². The highest BCUT2D eigenvalue weighted by Crippen LogP contribution is 2.69. The summed E-state index contributed by atoms with van der Waals surface area (Å²) >= 11 is 0. The van der Waals surface area contributed by atoms with E-state index in [-0.39, 0.29) is 46.7 Å². The van der Waals surface area contributed by atoms with Crippen LogP contribution in [-0.4, -0.2) is 28.1 Å². The van der Waals surface area contributed by atoms with Gasteiger partial charge in [0.25, 0.3) is 0 Å². The van der Waals surface area contributed by atoms with Gasteiger partial charge < -0.3 is 9.84 Å². The number of carbonyl (C=O) groups excluding carboxylic acids is 3. The lowest BCUT2D eigenvalue weighted by atomic mass is 9.39. The lowest BCUT2D eigenvalue weighted by molar-refractivity contribution is -0.188. The van der Waals surface area contributed by atoms with E-state index >= 15 is 9.59 Å². The number of hydrogen-bond acceptors (Lipinski definition) is 5. The molecule has 1 aliphatic heterocycles. The zero-order valence-electron chi connectivity index (χ0n) is 28.7. The molecular weight excluding hydrogens is 548 g/mol. The van der Waals surface area contributed by atoms with Gasteiger partial charge in [-0.2, -0.15) is 0 Å². The van der Waals surface area contributed by atoms with Gasteiger partial charge in [-0.05, 0) is 117 Å². The van der Waals surface area contributed by atoms with Gasteiger partial charge in [-0.1, -0.05) is 60.9 Å². The van der Waals surface area contributed by atoms with Crippen LogP contribution in [-0.2, 0) is 14.3 Å². The molecule has 1 saturated carbocycles. The first-order valence-corrected chi connectivity index (χ1v) is 16.1. The average molecular weight is 601 g/mol. The summed E-state index contributed by atoms with van der Waals surface area (Å²) in [4.78, 5) is 45.1. The Bertz CT molecular complexity index is 1500. The standard InChI is InChI=1S/C39H52O5/c1-23(2)12-16-28-21-38-22-29(17-13-24(3)4)37(10,11)44-34(38)31(32(41)27-15-14-26(7)30(40)20-27)33(42)39(35(38)43,36(28,8)9)19-18-25(5)6/h12-15,18,20,28-29,40H,16-17,19,21-22H2,1-11H3/t28-,29+,38+,39+/m1/s1. The molecule has 1 spiro atoms. The Morgan fingerprint density at radius 3 is 1.98 bits per heavy atom. The van der Waals surface area contributed by atoms with E-state index in [1.807, 2.05) is 33.8 Å². The van der Waals surface area contributed by atoms with Crippen molar-refractivity contribution in [3.63, 3.8) is 0 Å². The molecule has 1 saturated heterocycles. The van der Waals surface area contributed by atoms with Gasteiger partial charge in [0.2, 0.25) is 0 Å². The quantitative estimate of drug-likeness (QED) is 0.139.